The highest BCUT2D eigenvalue weighted by atomic mass is 35.5. The fraction of sp³-hybridized carbons (Fsp3) is 0.381. The van der Waals surface area contributed by atoms with E-state index in [0.717, 1.165) is 17.7 Å². The number of carbonyl (C=O) groups is 2. The monoisotopic (exact) mass is 426 g/mol. The lowest BCUT2D eigenvalue weighted by molar-refractivity contribution is -0.137. The summed E-state index contributed by atoms with van der Waals surface area (Å²) in [6.07, 6.45) is -4.47. The van der Waals surface area contributed by atoms with Gasteiger partial charge in [0.05, 0.1) is 23.2 Å². The van der Waals surface area contributed by atoms with Crippen LogP contribution in [0.25, 0.3) is 0 Å². The van der Waals surface area contributed by atoms with Crippen molar-refractivity contribution in [2.75, 3.05) is 6.54 Å². The van der Waals surface area contributed by atoms with Gasteiger partial charge in [-0.3, -0.25) is 9.59 Å². The highest BCUT2D eigenvalue weighted by Gasteiger charge is 2.37. The summed E-state index contributed by atoms with van der Waals surface area (Å²) in [6, 6.07) is 10.6. The Morgan fingerprint density at radius 2 is 1.72 bits per heavy atom. The van der Waals surface area contributed by atoms with Gasteiger partial charge in [-0.2, -0.15) is 13.2 Å². The van der Waals surface area contributed by atoms with E-state index < -0.39 is 17.3 Å². The molecule has 4 nitrogen and oxygen atoms in total. The Morgan fingerprint density at radius 3 is 2.28 bits per heavy atom. The number of alkyl halides is 3. The Hall–Kier alpha value is -2.41. The second-order valence-corrected chi connectivity index (χ2v) is 7.67. The minimum absolute atomic E-state index is 0.00212. The molecule has 0 aliphatic rings. The van der Waals surface area contributed by atoms with Crippen molar-refractivity contribution in [1.29, 1.82) is 0 Å². The standard InChI is InChI=1S/C21H22ClF3N2O2/c1-14(28)9-10-27(19(29)11-15-7-5-4-6-8-15)20(2,3)17-12-16(21(23,24)25)13-18(22)26-17/h4-8,12-13H,9-11H2,1-3H3. The van der Waals surface area contributed by atoms with Gasteiger partial charge in [0.25, 0.3) is 0 Å². The summed E-state index contributed by atoms with van der Waals surface area (Å²) >= 11 is 5.83. The zero-order valence-electron chi connectivity index (χ0n) is 16.4. The van der Waals surface area contributed by atoms with E-state index in [1.807, 2.05) is 6.07 Å². The first-order chi connectivity index (χ1) is 13.4. The summed E-state index contributed by atoms with van der Waals surface area (Å²) in [4.78, 5) is 30.0. The third-order valence-electron chi connectivity index (χ3n) is 4.61. The zero-order valence-corrected chi connectivity index (χ0v) is 17.1. The maximum atomic E-state index is 13.2. The van der Waals surface area contributed by atoms with E-state index in [2.05, 4.69) is 4.98 Å². The van der Waals surface area contributed by atoms with Crippen molar-refractivity contribution in [3.8, 4) is 0 Å². The van der Waals surface area contributed by atoms with Crippen molar-refractivity contribution in [3.05, 3.63) is 64.4 Å². The molecule has 8 heteroatoms. The van der Waals surface area contributed by atoms with E-state index >= 15 is 0 Å². The van der Waals surface area contributed by atoms with Gasteiger partial charge in [0.15, 0.2) is 0 Å². The van der Waals surface area contributed by atoms with Crippen LogP contribution in [0, 0.1) is 0 Å². The highest BCUT2D eigenvalue weighted by Crippen LogP contribution is 2.35. The van der Waals surface area contributed by atoms with Crippen LogP contribution in [0.4, 0.5) is 13.2 Å². The van der Waals surface area contributed by atoms with Gasteiger partial charge in [0.2, 0.25) is 5.91 Å². The van der Waals surface area contributed by atoms with Gasteiger partial charge in [-0.1, -0.05) is 41.9 Å². The number of nitrogens with zero attached hydrogens (tertiary/aromatic N) is 2. The molecule has 0 aliphatic carbocycles. The van der Waals surface area contributed by atoms with Crippen LogP contribution in [0.3, 0.4) is 0 Å². The van der Waals surface area contributed by atoms with Crippen LogP contribution in [0.2, 0.25) is 5.15 Å². The number of rotatable bonds is 7. The molecule has 0 aliphatic heterocycles. The maximum Gasteiger partial charge on any atom is 0.416 e. The lowest BCUT2D eigenvalue weighted by atomic mass is 9.94. The predicted octanol–water partition coefficient (Wildman–Crippen LogP) is 5.04. The van der Waals surface area contributed by atoms with Gasteiger partial charge in [0.1, 0.15) is 10.9 Å². The van der Waals surface area contributed by atoms with Crippen LogP contribution in [-0.4, -0.2) is 28.1 Å². The molecule has 1 aromatic heterocycles. The molecule has 0 saturated heterocycles. The molecule has 156 valence electrons. The normalized spacial score (nSPS) is 12.0. The molecule has 2 rings (SSSR count). The summed E-state index contributed by atoms with van der Waals surface area (Å²) in [7, 11) is 0. The average Bonchev–Trinajstić information content (AvgIpc) is 2.61. The second-order valence-electron chi connectivity index (χ2n) is 7.28. The van der Waals surface area contributed by atoms with Crippen molar-refractivity contribution >= 4 is 23.3 Å². The topological polar surface area (TPSA) is 50.3 Å². The molecule has 0 bridgehead atoms. The summed E-state index contributed by atoms with van der Waals surface area (Å²) in [5.74, 6) is -0.453. The minimum Gasteiger partial charge on any atom is -0.331 e. The molecule has 0 spiro atoms. The molecule has 0 atom stereocenters. The van der Waals surface area contributed by atoms with E-state index in [1.165, 1.54) is 11.8 Å². The Kier molecular flexibility index (Phi) is 7.06. The first-order valence-electron chi connectivity index (χ1n) is 9.00. The fourth-order valence-electron chi connectivity index (χ4n) is 2.96. The lowest BCUT2D eigenvalue weighted by Crippen LogP contribution is -2.47. The van der Waals surface area contributed by atoms with Gasteiger partial charge in [0, 0.05) is 13.0 Å². The SMILES string of the molecule is CC(=O)CCN(C(=O)Cc1ccccc1)C(C)(C)c1cc(C(F)(F)F)cc(Cl)n1. The molecule has 0 unspecified atom stereocenters. The Balaban J connectivity index is 2.43. The van der Waals surface area contributed by atoms with Gasteiger partial charge in [-0.25, -0.2) is 4.98 Å². The Morgan fingerprint density at radius 1 is 1.10 bits per heavy atom. The largest absolute Gasteiger partial charge is 0.416 e. The first kappa shape index (κ1) is 22.9. The number of aromatic nitrogens is 1. The van der Waals surface area contributed by atoms with E-state index in [-0.39, 0.29) is 41.9 Å². The van der Waals surface area contributed by atoms with Crippen molar-refractivity contribution in [1.82, 2.24) is 9.88 Å². The van der Waals surface area contributed by atoms with Crippen LogP contribution < -0.4 is 0 Å². The Labute approximate surface area is 172 Å². The van der Waals surface area contributed by atoms with Gasteiger partial charge in [-0.05, 0) is 38.5 Å². The second kappa shape index (κ2) is 8.95. The molecular weight excluding hydrogens is 405 g/mol. The molecule has 1 aromatic carbocycles. The molecule has 1 amide bonds. The molecule has 0 radical (unpaired) electrons. The smallest absolute Gasteiger partial charge is 0.331 e. The molecule has 0 saturated carbocycles. The number of halogens is 4. The van der Waals surface area contributed by atoms with E-state index in [9.17, 15) is 22.8 Å². The number of Topliss-reactive ketones (excluding diaryl/α,β-unsaturated/α-hetero) is 1. The molecule has 0 N–H and O–H groups in total. The third-order valence-corrected chi connectivity index (χ3v) is 4.80. The highest BCUT2D eigenvalue weighted by molar-refractivity contribution is 6.29. The quantitative estimate of drug-likeness (QED) is 0.583. The number of benzene rings is 1. The molecule has 0 fully saturated rings. The molecule has 29 heavy (non-hydrogen) atoms. The predicted molar refractivity (Wildman–Crippen MR) is 104 cm³/mol. The van der Waals surface area contributed by atoms with E-state index in [0.29, 0.717) is 0 Å². The van der Waals surface area contributed by atoms with Gasteiger partial charge >= 0.3 is 6.18 Å². The van der Waals surface area contributed by atoms with Crippen molar-refractivity contribution in [3.63, 3.8) is 0 Å². The average molecular weight is 427 g/mol. The Bertz CT molecular complexity index is 883. The first-order valence-corrected chi connectivity index (χ1v) is 9.38. The lowest BCUT2D eigenvalue weighted by Gasteiger charge is -2.38. The number of hydrogen-bond donors (Lipinski definition) is 0. The van der Waals surface area contributed by atoms with Crippen LogP contribution in [-0.2, 0) is 27.7 Å². The summed E-state index contributed by atoms with van der Waals surface area (Å²) in [6.45, 7) is 4.64. The minimum atomic E-state index is -4.60. The van der Waals surface area contributed by atoms with E-state index in [1.54, 1.807) is 38.1 Å². The number of pyridine rings is 1. The summed E-state index contributed by atoms with van der Waals surface area (Å²) < 4.78 is 39.7. The molecule has 2 aromatic rings. The third kappa shape index (κ3) is 6.03. The fourth-order valence-corrected chi connectivity index (χ4v) is 3.17. The number of hydrogen-bond acceptors (Lipinski definition) is 3. The van der Waals surface area contributed by atoms with Crippen LogP contribution in [0.15, 0.2) is 42.5 Å². The van der Waals surface area contributed by atoms with Crippen LogP contribution >= 0.6 is 11.6 Å². The van der Waals surface area contributed by atoms with Crippen molar-refractivity contribution < 1.29 is 22.8 Å². The van der Waals surface area contributed by atoms with Crippen LogP contribution in [0.1, 0.15) is 44.0 Å². The van der Waals surface area contributed by atoms with Gasteiger partial charge < -0.3 is 4.90 Å². The van der Waals surface area contributed by atoms with Crippen molar-refractivity contribution in [2.24, 2.45) is 0 Å². The maximum absolute atomic E-state index is 13.2. The van der Waals surface area contributed by atoms with Crippen molar-refractivity contribution in [2.45, 2.75) is 45.3 Å². The number of carbonyl (C=O) groups excluding carboxylic acids is 2. The number of ketones is 1. The molecular formula is C21H22ClF3N2O2. The van der Waals surface area contributed by atoms with Crippen LogP contribution in [0.5, 0.6) is 0 Å². The van der Waals surface area contributed by atoms with Gasteiger partial charge in [-0.15, -0.1) is 0 Å². The zero-order chi connectivity index (χ0) is 21.8. The number of amides is 1. The summed E-state index contributed by atoms with van der Waals surface area (Å²) in [5.41, 5.74) is -1.40. The summed E-state index contributed by atoms with van der Waals surface area (Å²) in [5, 5.41) is -0.315. The van der Waals surface area contributed by atoms with E-state index in [4.69, 9.17) is 11.6 Å². The molecule has 1 heterocycles.